The molecule has 1 saturated heterocycles. The SMILES string of the molecule is CCOc1ccc(NC2CCN(C)C(C)C2)cc1Cl. The van der Waals surface area contributed by atoms with Crippen LogP contribution in [-0.2, 0) is 0 Å². The molecule has 1 N–H and O–H groups in total. The van der Waals surface area contributed by atoms with Gasteiger partial charge in [0.15, 0.2) is 0 Å². The molecule has 0 aromatic heterocycles. The molecule has 19 heavy (non-hydrogen) atoms. The smallest absolute Gasteiger partial charge is 0.138 e. The Morgan fingerprint density at radius 1 is 1.47 bits per heavy atom. The Bertz CT molecular complexity index is 425. The molecule has 0 aliphatic carbocycles. The summed E-state index contributed by atoms with van der Waals surface area (Å²) in [5.41, 5.74) is 1.08. The van der Waals surface area contributed by atoms with E-state index in [0.29, 0.717) is 23.7 Å². The third-order valence-electron chi connectivity index (χ3n) is 3.81. The lowest BCUT2D eigenvalue weighted by atomic mass is 9.99. The van der Waals surface area contributed by atoms with Crippen molar-refractivity contribution >= 4 is 17.3 Å². The van der Waals surface area contributed by atoms with Gasteiger partial charge in [0.05, 0.1) is 11.6 Å². The summed E-state index contributed by atoms with van der Waals surface area (Å²) in [6.45, 7) is 6.02. The van der Waals surface area contributed by atoms with Crippen LogP contribution in [-0.4, -0.2) is 37.2 Å². The Hall–Kier alpha value is -0.930. The minimum Gasteiger partial charge on any atom is -0.492 e. The fourth-order valence-electron chi connectivity index (χ4n) is 2.52. The molecule has 1 fully saturated rings. The first kappa shape index (κ1) is 14.5. The molecular formula is C15H23ClN2O. The number of nitrogens with one attached hydrogen (secondary N) is 1. The Kier molecular flexibility index (Phi) is 4.94. The Morgan fingerprint density at radius 3 is 2.89 bits per heavy atom. The highest BCUT2D eigenvalue weighted by Crippen LogP contribution is 2.29. The van der Waals surface area contributed by atoms with Crippen LogP contribution in [0.2, 0.25) is 5.02 Å². The Balaban J connectivity index is 1.98. The molecule has 2 atom stereocenters. The molecule has 1 aromatic carbocycles. The fourth-order valence-corrected chi connectivity index (χ4v) is 2.75. The van der Waals surface area contributed by atoms with Crippen LogP contribution in [0.25, 0.3) is 0 Å². The zero-order chi connectivity index (χ0) is 13.8. The van der Waals surface area contributed by atoms with E-state index in [1.807, 2.05) is 25.1 Å². The van der Waals surface area contributed by atoms with Crippen LogP contribution in [0.1, 0.15) is 26.7 Å². The molecule has 3 nitrogen and oxygen atoms in total. The van der Waals surface area contributed by atoms with Crippen LogP contribution in [0, 0.1) is 0 Å². The number of hydrogen-bond acceptors (Lipinski definition) is 3. The first-order valence-electron chi connectivity index (χ1n) is 6.99. The van der Waals surface area contributed by atoms with Gasteiger partial charge in [-0.05, 0) is 51.9 Å². The van der Waals surface area contributed by atoms with Gasteiger partial charge in [0.2, 0.25) is 0 Å². The van der Waals surface area contributed by atoms with Gasteiger partial charge in [-0.15, -0.1) is 0 Å². The Labute approximate surface area is 120 Å². The molecule has 1 aromatic rings. The summed E-state index contributed by atoms with van der Waals surface area (Å²) in [5.74, 6) is 0.756. The van der Waals surface area contributed by atoms with Crippen LogP contribution >= 0.6 is 11.6 Å². The summed E-state index contributed by atoms with van der Waals surface area (Å²) in [4.78, 5) is 2.41. The van der Waals surface area contributed by atoms with E-state index in [1.165, 1.54) is 12.8 Å². The zero-order valence-corrected chi connectivity index (χ0v) is 12.7. The average molecular weight is 283 g/mol. The number of piperidine rings is 1. The topological polar surface area (TPSA) is 24.5 Å². The predicted molar refractivity (Wildman–Crippen MR) is 81.4 cm³/mol. The zero-order valence-electron chi connectivity index (χ0n) is 11.9. The second-order valence-corrected chi connectivity index (χ2v) is 5.68. The molecule has 2 unspecified atom stereocenters. The number of nitrogens with zero attached hydrogens (tertiary/aromatic N) is 1. The molecule has 1 aliphatic rings. The number of anilines is 1. The second kappa shape index (κ2) is 6.49. The lowest BCUT2D eigenvalue weighted by molar-refractivity contribution is 0.190. The average Bonchev–Trinajstić information content (AvgIpc) is 2.37. The molecule has 4 heteroatoms. The fraction of sp³-hybridized carbons (Fsp3) is 0.600. The van der Waals surface area contributed by atoms with Crippen LogP contribution < -0.4 is 10.1 Å². The molecule has 0 saturated carbocycles. The molecule has 0 amide bonds. The van der Waals surface area contributed by atoms with Crippen molar-refractivity contribution in [3.8, 4) is 5.75 Å². The van der Waals surface area contributed by atoms with Crippen molar-refractivity contribution in [2.45, 2.75) is 38.8 Å². The number of rotatable bonds is 4. The van der Waals surface area contributed by atoms with E-state index in [9.17, 15) is 0 Å². The predicted octanol–water partition coefficient (Wildman–Crippen LogP) is 3.63. The van der Waals surface area contributed by atoms with Gasteiger partial charge in [0, 0.05) is 24.3 Å². The summed E-state index contributed by atoms with van der Waals surface area (Å²) in [7, 11) is 2.19. The third-order valence-corrected chi connectivity index (χ3v) is 4.11. The largest absolute Gasteiger partial charge is 0.492 e. The van der Waals surface area contributed by atoms with E-state index >= 15 is 0 Å². The van der Waals surface area contributed by atoms with Gasteiger partial charge in [0.25, 0.3) is 0 Å². The van der Waals surface area contributed by atoms with Gasteiger partial charge < -0.3 is 15.0 Å². The maximum atomic E-state index is 6.20. The minimum absolute atomic E-state index is 0.528. The highest BCUT2D eigenvalue weighted by molar-refractivity contribution is 6.32. The monoisotopic (exact) mass is 282 g/mol. The number of benzene rings is 1. The van der Waals surface area contributed by atoms with E-state index < -0.39 is 0 Å². The van der Waals surface area contributed by atoms with Crippen molar-refractivity contribution in [1.29, 1.82) is 0 Å². The van der Waals surface area contributed by atoms with E-state index in [2.05, 4.69) is 24.2 Å². The normalized spacial score (nSPS) is 24.2. The van der Waals surface area contributed by atoms with Crippen molar-refractivity contribution in [2.24, 2.45) is 0 Å². The maximum absolute atomic E-state index is 6.20. The third kappa shape index (κ3) is 3.77. The lowest BCUT2D eigenvalue weighted by Gasteiger charge is -2.35. The van der Waals surface area contributed by atoms with Crippen LogP contribution in [0.5, 0.6) is 5.75 Å². The van der Waals surface area contributed by atoms with E-state index in [1.54, 1.807) is 0 Å². The number of likely N-dealkylation sites (tertiary alicyclic amines) is 1. The standard InChI is InChI=1S/C15H23ClN2O/c1-4-19-15-6-5-12(10-14(15)16)17-13-7-8-18(3)11(2)9-13/h5-6,10-11,13,17H,4,7-9H2,1-3H3. The highest BCUT2D eigenvalue weighted by atomic mass is 35.5. The first-order valence-corrected chi connectivity index (χ1v) is 7.37. The minimum atomic E-state index is 0.528. The van der Waals surface area contributed by atoms with Crippen molar-refractivity contribution in [3.63, 3.8) is 0 Å². The van der Waals surface area contributed by atoms with E-state index in [4.69, 9.17) is 16.3 Å². The van der Waals surface area contributed by atoms with Crippen molar-refractivity contribution in [3.05, 3.63) is 23.2 Å². The highest BCUT2D eigenvalue weighted by Gasteiger charge is 2.22. The molecule has 0 bridgehead atoms. The quantitative estimate of drug-likeness (QED) is 0.913. The summed E-state index contributed by atoms with van der Waals surface area (Å²) in [6.07, 6.45) is 2.34. The maximum Gasteiger partial charge on any atom is 0.138 e. The van der Waals surface area contributed by atoms with Gasteiger partial charge in [-0.25, -0.2) is 0 Å². The van der Waals surface area contributed by atoms with Crippen LogP contribution in [0.15, 0.2) is 18.2 Å². The molecule has 2 rings (SSSR count). The van der Waals surface area contributed by atoms with Crippen LogP contribution in [0.4, 0.5) is 5.69 Å². The van der Waals surface area contributed by atoms with Gasteiger partial charge in [0.1, 0.15) is 5.75 Å². The summed E-state index contributed by atoms with van der Waals surface area (Å²) >= 11 is 6.20. The summed E-state index contributed by atoms with van der Waals surface area (Å²) < 4.78 is 5.45. The summed E-state index contributed by atoms with van der Waals surface area (Å²) in [5, 5.41) is 4.25. The lowest BCUT2D eigenvalue weighted by Crippen LogP contribution is -2.42. The number of hydrogen-bond donors (Lipinski definition) is 1. The van der Waals surface area contributed by atoms with Gasteiger partial charge in [-0.1, -0.05) is 11.6 Å². The number of ether oxygens (including phenoxy) is 1. The molecular weight excluding hydrogens is 260 g/mol. The second-order valence-electron chi connectivity index (χ2n) is 5.27. The van der Waals surface area contributed by atoms with E-state index in [-0.39, 0.29) is 0 Å². The number of halogens is 1. The van der Waals surface area contributed by atoms with Crippen LogP contribution in [0.3, 0.4) is 0 Å². The molecule has 106 valence electrons. The Morgan fingerprint density at radius 2 is 2.26 bits per heavy atom. The van der Waals surface area contributed by atoms with Gasteiger partial charge in [-0.3, -0.25) is 0 Å². The van der Waals surface area contributed by atoms with Crippen molar-refractivity contribution in [1.82, 2.24) is 4.90 Å². The first-order chi connectivity index (χ1) is 9.10. The van der Waals surface area contributed by atoms with Gasteiger partial charge >= 0.3 is 0 Å². The molecule has 1 heterocycles. The molecule has 1 aliphatic heterocycles. The summed E-state index contributed by atoms with van der Waals surface area (Å²) in [6, 6.07) is 7.09. The van der Waals surface area contributed by atoms with Gasteiger partial charge in [-0.2, -0.15) is 0 Å². The van der Waals surface area contributed by atoms with E-state index in [0.717, 1.165) is 18.0 Å². The van der Waals surface area contributed by atoms with Crippen molar-refractivity contribution < 1.29 is 4.74 Å². The molecule has 0 spiro atoms. The molecule has 0 radical (unpaired) electrons. The van der Waals surface area contributed by atoms with Crippen molar-refractivity contribution in [2.75, 3.05) is 25.5 Å².